The molecular formula is C27H34NO13-. The van der Waals surface area contributed by atoms with Gasteiger partial charge < -0.3 is 59.0 Å². The van der Waals surface area contributed by atoms with Gasteiger partial charge in [0.2, 0.25) is 6.29 Å². The van der Waals surface area contributed by atoms with Crippen molar-refractivity contribution in [1.82, 2.24) is 0 Å². The number of aliphatic hydroxyl groups excluding tert-OH is 4. The molecular weight excluding hydrogens is 546 g/mol. The second-order valence-corrected chi connectivity index (χ2v) is 9.50. The first-order chi connectivity index (χ1) is 19.5. The topological polar surface area (TPSA) is 213 Å². The lowest BCUT2D eigenvalue weighted by Crippen LogP contribution is -2.60. The maximum Gasteiger partial charge on any atom is 0.336 e. The molecule has 6 N–H and O–H groups in total. The average molecular weight is 581 g/mol. The third kappa shape index (κ3) is 7.75. The highest BCUT2D eigenvalue weighted by Crippen LogP contribution is 2.36. The van der Waals surface area contributed by atoms with E-state index in [1.807, 2.05) is 0 Å². The normalized spacial score (nSPS) is 31.7. The Kier molecular flexibility index (Phi) is 11.1. The second-order valence-electron chi connectivity index (χ2n) is 9.50. The standard InChI is InChI=1S/C27H34NO13/c1-3-16-17(7-6-14-9-15(24(35)36)11-28(10-14)8-4-5-20(30)31)18(25(37)38-2)13-39-26(16)41-27-23(34)22(33)21(32)19(12-29)40-27/h3,6-7,9-11,13,16-17,19,21-23,26-27,29,32-34H,1,4-5,8,12H2,2H3,(H,30,31)(H,35,36)/q-1/b7-6+/t16-,17-,19+,21+,22-,23+,26+,27-/m0/s1. The van der Waals surface area contributed by atoms with Gasteiger partial charge >= 0.3 is 11.9 Å². The number of carbonyl (C=O) groups is 3. The molecule has 1 fully saturated rings. The number of ether oxygens (including phenoxy) is 4. The summed E-state index contributed by atoms with van der Waals surface area (Å²) in [4.78, 5) is 35.1. The highest BCUT2D eigenvalue weighted by molar-refractivity contribution is 5.93. The molecule has 0 saturated carbocycles. The van der Waals surface area contributed by atoms with Crippen molar-refractivity contribution < 1.29 is 68.5 Å². The van der Waals surface area contributed by atoms with E-state index in [-0.39, 0.29) is 30.5 Å². The minimum Gasteiger partial charge on any atom is -0.530 e. The van der Waals surface area contributed by atoms with Crippen molar-refractivity contribution in [3.05, 3.63) is 60.8 Å². The highest BCUT2D eigenvalue weighted by atomic mass is 16.8. The lowest BCUT2D eigenvalue weighted by molar-refractivity contribution is -0.478. The third-order valence-electron chi connectivity index (χ3n) is 6.72. The van der Waals surface area contributed by atoms with Crippen LogP contribution >= 0.6 is 0 Å². The molecule has 0 radical (unpaired) electrons. The summed E-state index contributed by atoms with van der Waals surface area (Å²) >= 11 is 0. The molecule has 8 atom stereocenters. The average Bonchev–Trinajstić information content (AvgIpc) is 2.95. The monoisotopic (exact) mass is 580 g/mol. The Balaban J connectivity index is 1.87. The molecule has 1 saturated heterocycles. The van der Waals surface area contributed by atoms with Gasteiger partial charge in [-0.15, -0.1) is 12.2 Å². The first-order valence-corrected chi connectivity index (χ1v) is 12.7. The number of esters is 1. The fraction of sp³-hybridized carbons (Fsp3) is 0.481. The Morgan fingerprint density at radius 2 is 1.90 bits per heavy atom. The molecule has 3 aliphatic heterocycles. The zero-order valence-corrected chi connectivity index (χ0v) is 22.2. The van der Waals surface area contributed by atoms with Crippen molar-refractivity contribution in [3.8, 4) is 0 Å². The van der Waals surface area contributed by atoms with Crippen molar-refractivity contribution in [1.29, 1.82) is 0 Å². The molecule has 0 bridgehead atoms. The largest absolute Gasteiger partial charge is 0.530 e. The van der Waals surface area contributed by atoms with Gasteiger partial charge in [0.1, 0.15) is 31.0 Å². The van der Waals surface area contributed by atoms with Gasteiger partial charge in [0, 0.05) is 25.1 Å². The molecule has 3 aliphatic rings. The summed E-state index contributed by atoms with van der Waals surface area (Å²) in [7, 11) is 1.18. The predicted molar refractivity (Wildman–Crippen MR) is 137 cm³/mol. The van der Waals surface area contributed by atoms with Crippen LogP contribution in [0.1, 0.15) is 12.8 Å². The van der Waals surface area contributed by atoms with E-state index in [9.17, 15) is 39.9 Å². The van der Waals surface area contributed by atoms with Gasteiger partial charge in [-0.3, -0.25) is 4.79 Å². The van der Waals surface area contributed by atoms with Crippen LogP contribution in [0.3, 0.4) is 0 Å². The van der Waals surface area contributed by atoms with Crippen LogP contribution in [0.4, 0.5) is 0 Å². The van der Waals surface area contributed by atoms with Crippen molar-refractivity contribution in [3.63, 3.8) is 0 Å². The molecule has 0 spiro atoms. The molecule has 0 amide bonds. The third-order valence-corrected chi connectivity index (χ3v) is 6.72. The number of aliphatic carboxylic acids is 2. The predicted octanol–water partition coefficient (Wildman–Crippen LogP) is -1.10. The maximum atomic E-state index is 12.6. The summed E-state index contributed by atoms with van der Waals surface area (Å²) in [6.45, 7) is 4.77. The molecule has 226 valence electrons. The number of methoxy groups -OCH3 is 1. The van der Waals surface area contributed by atoms with E-state index in [1.165, 1.54) is 25.8 Å². The first-order valence-electron chi connectivity index (χ1n) is 12.7. The minimum atomic E-state index is -1.70. The van der Waals surface area contributed by atoms with Gasteiger partial charge in [-0.05, 0) is 5.92 Å². The molecule has 0 unspecified atom stereocenters. The number of hydrogen-bond donors (Lipinski definition) is 6. The molecule has 14 nitrogen and oxygen atoms in total. The van der Waals surface area contributed by atoms with E-state index in [0.29, 0.717) is 5.92 Å². The molecule has 0 aromatic rings. The number of aliphatic hydroxyl groups is 4. The number of carboxylic acid groups (broad SMARTS) is 2. The Hall–Kier alpha value is -3.66. The smallest absolute Gasteiger partial charge is 0.336 e. The zero-order valence-electron chi connectivity index (χ0n) is 22.2. The summed E-state index contributed by atoms with van der Waals surface area (Å²) in [5.74, 6) is -4.05. The van der Waals surface area contributed by atoms with Crippen molar-refractivity contribution in [2.24, 2.45) is 11.8 Å². The number of carboxylic acids is 2. The molecule has 0 aromatic heterocycles. The lowest BCUT2D eigenvalue weighted by atomic mass is 9.82. The molecule has 14 heteroatoms. The van der Waals surface area contributed by atoms with Crippen LogP contribution < -0.4 is 0 Å². The van der Waals surface area contributed by atoms with Crippen molar-refractivity contribution >= 4 is 24.1 Å². The number of rotatable bonds is 12. The number of nitrogens with zero attached hydrogens (tertiary/aromatic N) is 1. The molecule has 3 heterocycles. The van der Waals surface area contributed by atoms with E-state index in [4.69, 9.17) is 24.1 Å². The van der Waals surface area contributed by atoms with Crippen molar-refractivity contribution in [2.45, 2.75) is 49.8 Å². The second kappa shape index (κ2) is 14.3. The van der Waals surface area contributed by atoms with Gasteiger partial charge in [-0.25, -0.2) is 10.9 Å². The lowest BCUT2D eigenvalue weighted by Gasteiger charge is -2.43. The van der Waals surface area contributed by atoms with E-state index < -0.39 is 73.3 Å². The molecule has 41 heavy (non-hydrogen) atoms. The summed E-state index contributed by atoms with van der Waals surface area (Å²) < 4.78 is 23.2. The molecule has 3 rings (SSSR count). The van der Waals surface area contributed by atoms with Gasteiger partial charge in [0.15, 0.2) is 12.3 Å². The summed E-state index contributed by atoms with van der Waals surface area (Å²) in [6.07, 6.45) is -0.0393. The fourth-order valence-electron chi connectivity index (χ4n) is 4.54. The van der Waals surface area contributed by atoms with Crippen LogP contribution in [0.25, 0.3) is 0 Å². The zero-order chi connectivity index (χ0) is 30.3. The first kappa shape index (κ1) is 31.9. The highest BCUT2D eigenvalue weighted by Gasteiger charge is 2.47. The summed E-state index contributed by atoms with van der Waals surface area (Å²) in [5.41, 5.74) is 0.0355. The summed E-state index contributed by atoms with van der Waals surface area (Å²) in [6, 6.07) is 0. The van der Waals surface area contributed by atoms with E-state index in [2.05, 4.69) is 6.58 Å². The minimum absolute atomic E-state index is 0.0396. The summed E-state index contributed by atoms with van der Waals surface area (Å²) in [5, 5.41) is 58.4. The van der Waals surface area contributed by atoms with Crippen LogP contribution in [-0.4, -0.2) is 117 Å². The Morgan fingerprint density at radius 1 is 1.17 bits per heavy atom. The Bertz CT molecular complexity index is 1110. The van der Waals surface area contributed by atoms with E-state index >= 15 is 0 Å². The van der Waals surface area contributed by atoms with Gasteiger partial charge in [-0.2, -0.15) is 18.1 Å². The van der Waals surface area contributed by atoms with Crippen LogP contribution in [0, 0.1) is 24.3 Å². The quantitative estimate of drug-likeness (QED) is 0.0701. The van der Waals surface area contributed by atoms with Crippen LogP contribution in [-0.2, 0) is 33.3 Å². The maximum absolute atomic E-state index is 12.6. The van der Waals surface area contributed by atoms with Crippen LogP contribution in [0.15, 0.2) is 48.3 Å². The van der Waals surface area contributed by atoms with E-state index in [0.717, 1.165) is 6.26 Å². The fourth-order valence-corrected chi connectivity index (χ4v) is 4.54. The number of carbonyl (C=O) groups excluding carboxylic acids is 1. The van der Waals surface area contributed by atoms with Crippen LogP contribution in [0.2, 0.25) is 0 Å². The van der Waals surface area contributed by atoms with Gasteiger partial charge in [0.05, 0.1) is 32.0 Å². The molecule has 0 aliphatic carbocycles. The SMILES string of the molecule is C=C[C@@H]1[C@@H](O[C@@H]2O[C@H](CO)[C@@H](O)[C@H](O)[C@H]2O)OC=C(C(=O)OC)[C@H]1/C=C/[C-]1C=C(C(=O)O)[CH-][N+](CCCC(=O)O)=C1. The van der Waals surface area contributed by atoms with Crippen LogP contribution in [0.5, 0.6) is 0 Å². The molecule has 0 aromatic carbocycles. The van der Waals surface area contributed by atoms with E-state index in [1.54, 1.807) is 22.9 Å². The Morgan fingerprint density at radius 3 is 2.51 bits per heavy atom. The van der Waals surface area contributed by atoms with Gasteiger partial charge in [-0.1, -0.05) is 6.08 Å². The number of allylic oxidation sites excluding steroid dienone is 3. The van der Waals surface area contributed by atoms with Gasteiger partial charge in [0.25, 0.3) is 0 Å². The Labute approximate surface area is 235 Å². The van der Waals surface area contributed by atoms with Crippen molar-refractivity contribution in [2.75, 3.05) is 20.3 Å². The number of hydrogen-bond acceptors (Lipinski definition) is 11.